The first-order valence-electron chi connectivity index (χ1n) is 5.92. The number of methoxy groups -OCH3 is 1. The molecule has 0 unspecified atom stereocenters. The molecule has 2 rings (SSSR count). The third-order valence-corrected chi connectivity index (χ3v) is 2.71. The number of oxazole rings is 1. The second kappa shape index (κ2) is 5.56. The lowest BCUT2D eigenvalue weighted by Gasteiger charge is -2.03. The summed E-state index contributed by atoms with van der Waals surface area (Å²) in [5, 5.41) is 8.74. The molecule has 0 atom stereocenters. The minimum Gasteiger partial charge on any atom is -0.497 e. The van der Waals surface area contributed by atoms with Crippen LogP contribution in [0.4, 0.5) is 0 Å². The predicted octanol–water partition coefficient (Wildman–Crippen LogP) is 2.68. The maximum absolute atomic E-state index is 10.6. The number of hydrogen-bond donors (Lipinski definition) is 1. The van der Waals surface area contributed by atoms with Crippen LogP contribution in [0.2, 0.25) is 0 Å². The van der Waals surface area contributed by atoms with Gasteiger partial charge >= 0.3 is 5.97 Å². The van der Waals surface area contributed by atoms with Gasteiger partial charge in [0.1, 0.15) is 17.2 Å². The quantitative estimate of drug-likeness (QED) is 0.895. The molecule has 0 radical (unpaired) electrons. The molecule has 0 aliphatic rings. The Morgan fingerprint density at radius 3 is 2.95 bits per heavy atom. The van der Waals surface area contributed by atoms with Crippen molar-refractivity contribution in [3.63, 3.8) is 0 Å². The first-order chi connectivity index (χ1) is 9.10. The van der Waals surface area contributed by atoms with Crippen molar-refractivity contribution in [2.24, 2.45) is 0 Å². The summed E-state index contributed by atoms with van der Waals surface area (Å²) < 4.78 is 10.6. The van der Waals surface area contributed by atoms with E-state index in [4.69, 9.17) is 14.3 Å². The van der Waals surface area contributed by atoms with Crippen LogP contribution in [0.3, 0.4) is 0 Å². The number of ether oxygens (including phenoxy) is 1. The lowest BCUT2D eigenvalue weighted by Crippen LogP contribution is -1.97. The van der Waals surface area contributed by atoms with E-state index >= 15 is 0 Å². The highest BCUT2D eigenvalue weighted by atomic mass is 16.5. The highest BCUT2D eigenvalue weighted by Crippen LogP contribution is 2.27. The predicted molar refractivity (Wildman–Crippen MR) is 69.2 cm³/mol. The summed E-state index contributed by atoms with van der Waals surface area (Å²) in [5.41, 5.74) is 1.54. The van der Waals surface area contributed by atoms with Crippen LogP contribution in [0.5, 0.6) is 5.75 Å². The molecule has 0 saturated carbocycles. The average molecular weight is 261 g/mol. The number of aryl methyl sites for hydroxylation is 2. The number of carboxylic acid groups (broad SMARTS) is 1. The van der Waals surface area contributed by atoms with Gasteiger partial charge in [0.25, 0.3) is 0 Å². The molecule has 1 N–H and O–H groups in total. The van der Waals surface area contributed by atoms with Gasteiger partial charge in [-0.25, -0.2) is 4.98 Å². The highest BCUT2D eigenvalue weighted by Gasteiger charge is 2.14. The molecule has 0 saturated heterocycles. The molecule has 0 spiro atoms. The van der Waals surface area contributed by atoms with Crippen molar-refractivity contribution in [1.29, 1.82) is 0 Å². The SMILES string of the molecule is COc1cccc(-c2nc(C)oc2CCC(=O)O)c1. The molecular formula is C14H15NO4. The molecular weight excluding hydrogens is 246 g/mol. The monoisotopic (exact) mass is 261 g/mol. The van der Waals surface area contributed by atoms with E-state index in [-0.39, 0.29) is 6.42 Å². The molecule has 100 valence electrons. The minimum absolute atomic E-state index is 0.0194. The van der Waals surface area contributed by atoms with Gasteiger partial charge in [-0.15, -0.1) is 0 Å². The smallest absolute Gasteiger partial charge is 0.303 e. The van der Waals surface area contributed by atoms with E-state index in [1.165, 1.54) is 0 Å². The fourth-order valence-electron chi connectivity index (χ4n) is 1.86. The summed E-state index contributed by atoms with van der Waals surface area (Å²) in [6.45, 7) is 1.74. The van der Waals surface area contributed by atoms with Crippen molar-refractivity contribution in [1.82, 2.24) is 4.98 Å². The van der Waals surface area contributed by atoms with Crippen LogP contribution in [-0.4, -0.2) is 23.2 Å². The molecule has 0 amide bonds. The Balaban J connectivity index is 2.34. The van der Waals surface area contributed by atoms with Gasteiger partial charge in [-0.3, -0.25) is 4.79 Å². The summed E-state index contributed by atoms with van der Waals surface area (Å²) >= 11 is 0. The summed E-state index contributed by atoms with van der Waals surface area (Å²) in [6, 6.07) is 7.44. The number of benzene rings is 1. The van der Waals surface area contributed by atoms with Crippen LogP contribution in [0.1, 0.15) is 18.1 Å². The first-order valence-corrected chi connectivity index (χ1v) is 5.92. The van der Waals surface area contributed by atoms with Gasteiger partial charge in [0.2, 0.25) is 0 Å². The van der Waals surface area contributed by atoms with E-state index in [2.05, 4.69) is 4.98 Å². The van der Waals surface area contributed by atoms with Crippen molar-refractivity contribution in [3.05, 3.63) is 35.9 Å². The summed E-state index contributed by atoms with van der Waals surface area (Å²) in [6.07, 6.45) is 0.342. The summed E-state index contributed by atoms with van der Waals surface area (Å²) in [5.74, 6) is 0.986. The normalized spacial score (nSPS) is 10.4. The number of aromatic nitrogens is 1. The van der Waals surface area contributed by atoms with E-state index in [1.54, 1.807) is 14.0 Å². The van der Waals surface area contributed by atoms with Crippen LogP contribution in [0.15, 0.2) is 28.7 Å². The molecule has 19 heavy (non-hydrogen) atoms. The Hall–Kier alpha value is -2.30. The molecule has 5 nitrogen and oxygen atoms in total. The Morgan fingerprint density at radius 1 is 1.47 bits per heavy atom. The first kappa shape index (κ1) is 13.1. The van der Waals surface area contributed by atoms with Crippen molar-refractivity contribution in [3.8, 4) is 17.0 Å². The number of rotatable bonds is 5. The molecule has 5 heteroatoms. The van der Waals surface area contributed by atoms with Gasteiger partial charge in [0, 0.05) is 18.9 Å². The number of hydrogen-bond acceptors (Lipinski definition) is 4. The van der Waals surface area contributed by atoms with Gasteiger partial charge in [-0.05, 0) is 12.1 Å². The van der Waals surface area contributed by atoms with Crippen LogP contribution in [0.25, 0.3) is 11.3 Å². The molecule has 0 aliphatic heterocycles. The fraction of sp³-hybridized carbons (Fsp3) is 0.286. The topological polar surface area (TPSA) is 72.6 Å². The number of aliphatic carboxylic acids is 1. The average Bonchev–Trinajstić information content (AvgIpc) is 2.77. The Labute approximate surface area is 110 Å². The molecule has 0 bridgehead atoms. The molecule has 1 heterocycles. The zero-order valence-corrected chi connectivity index (χ0v) is 10.8. The second-order valence-electron chi connectivity index (χ2n) is 4.13. The van der Waals surface area contributed by atoms with Gasteiger partial charge in [-0.1, -0.05) is 12.1 Å². The maximum atomic E-state index is 10.6. The third-order valence-electron chi connectivity index (χ3n) is 2.71. The van der Waals surface area contributed by atoms with Crippen molar-refractivity contribution >= 4 is 5.97 Å². The van der Waals surface area contributed by atoms with Crippen LogP contribution < -0.4 is 4.74 Å². The van der Waals surface area contributed by atoms with E-state index in [9.17, 15) is 4.79 Å². The number of nitrogens with zero attached hydrogens (tertiary/aromatic N) is 1. The lowest BCUT2D eigenvalue weighted by atomic mass is 10.1. The zero-order valence-electron chi connectivity index (χ0n) is 10.8. The number of carbonyl (C=O) groups is 1. The van der Waals surface area contributed by atoms with Gasteiger partial charge in [0.15, 0.2) is 5.89 Å². The second-order valence-corrected chi connectivity index (χ2v) is 4.13. The van der Waals surface area contributed by atoms with Gasteiger partial charge in [0.05, 0.1) is 13.5 Å². The van der Waals surface area contributed by atoms with Crippen LogP contribution in [-0.2, 0) is 11.2 Å². The molecule has 2 aromatic rings. The Kier molecular flexibility index (Phi) is 3.85. The maximum Gasteiger partial charge on any atom is 0.303 e. The van der Waals surface area contributed by atoms with E-state index < -0.39 is 5.97 Å². The zero-order chi connectivity index (χ0) is 13.8. The third kappa shape index (κ3) is 3.13. The highest BCUT2D eigenvalue weighted by molar-refractivity contribution is 5.68. The summed E-state index contributed by atoms with van der Waals surface area (Å²) in [4.78, 5) is 15.0. The summed E-state index contributed by atoms with van der Waals surface area (Å²) in [7, 11) is 1.60. The Bertz CT molecular complexity index is 589. The molecule has 1 aromatic carbocycles. The van der Waals surface area contributed by atoms with Crippen LogP contribution >= 0.6 is 0 Å². The van der Waals surface area contributed by atoms with Crippen LogP contribution in [0, 0.1) is 6.92 Å². The number of carboxylic acids is 1. The Morgan fingerprint density at radius 2 is 2.26 bits per heavy atom. The van der Waals surface area contributed by atoms with E-state index in [0.717, 1.165) is 11.3 Å². The standard InChI is InChI=1S/C14H15NO4/c1-9-15-14(12(19-9)6-7-13(16)17)10-4-3-5-11(8-10)18-2/h3-5,8H,6-7H2,1-2H3,(H,16,17). The van der Waals surface area contributed by atoms with E-state index in [0.29, 0.717) is 23.8 Å². The van der Waals surface area contributed by atoms with E-state index in [1.807, 2.05) is 24.3 Å². The molecule has 0 aliphatic carbocycles. The van der Waals surface area contributed by atoms with Crippen molar-refractivity contribution in [2.75, 3.05) is 7.11 Å². The fourth-order valence-corrected chi connectivity index (χ4v) is 1.86. The van der Waals surface area contributed by atoms with Gasteiger partial charge < -0.3 is 14.3 Å². The lowest BCUT2D eigenvalue weighted by molar-refractivity contribution is -0.137. The van der Waals surface area contributed by atoms with Crippen molar-refractivity contribution in [2.45, 2.75) is 19.8 Å². The largest absolute Gasteiger partial charge is 0.497 e. The van der Waals surface area contributed by atoms with Crippen molar-refractivity contribution < 1.29 is 19.1 Å². The molecule has 1 aromatic heterocycles. The molecule has 0 fully saturated rings. The minimum atomic E-state index is -0.856. The van der Waals surface area contributed by atoms with Gasteiger partial charge in [-0.2, -0.15) is 0 Å².